The first-order valence-corrected chi connectivity index (χ1v) is 9.25. The number of halogens is 4. The number of hydrogen-bond donors (Lipinski definition) is 4. The number of carbonyl (C=O) groups is 2. The number of aromatic nitrogens is 2. The van der Waals surface area contributed by atoms with Crippen molar-refractivity contribution >= 4 is 11.9 Å². The Morgan fingerprint density at radius 3 is 2.47 bits per heavy atom. The molecule has 11 heteroatoms. The SMILES string of the molecule is O=C(O)C(F)(F)F.O=C1NC(CO)Cc2[nH]c(-c3ccnc(-c4ccccc4F)c3)cc21. The van der Waals surface area contributed by atoms with Crippen molar-refractivity contribution in [2.24, 2.45) is 0 Å². The molecule has 0 saturated heterocycles. The Labute approximate surface area is 178 Å². The molecule has 0 fully saturated rings. The van der Waals surface area contributed by atoms with E-state index in [4.69, 9.17) is 9.90 Å². The van der Waals surface area contributed by atoms with Crippen LogP contribution in [0.1, 0.15) is 16.1 Å². The number of carboxylic acid groups (broad SMARTS) is 1. The molecule has 0 saturated carbocycles. The van der Waals surface area contributed by atoms with Crippen LogP contribution in [0.2, 0.25) is 0 Å². The second-order valence-electron chi connectivity index (χ2n) is 6.84. The van der Waals surface area contributed by atoms with Gasteiger partial charge in [0.05, 0.1) is 23.9 Å². The lowest BCUT2D eigenvalue weighted by molar-refractivity contribution is -0.192. The van der Waals surface area contributed by atoms with E-state index in [1.807, 2.05) is 6.07 Å². The van der Waals surface area contributed by atoms with E-state index in [0.29, 0.717) is 23.2 Å². The van der Waals surface area contributed by atoms with Crippen LogP contribution in [-0.4, -0.2) is 50.9 Å². The zero-order chi connectivity index (χ0) is 23.5. The van der Waals surface area contributed by atoms with Crippen molar-refractivity contribution in [2.75, 3.05) is 6.61 Å². The number of nitrogens with zero attached hydrogens (tertiary/aromatic N) is 1. The molecule has 0 spiro atoms. The zero-order valence-electron chi connectivity index (χ0n) is 16.3. The summed E-state index contributed by atoms with van der Waals surface area (Å²) in [6, 6.07) is 11.6. The Morgan fingerprint density at radius 1 is 1.16 bits per heavy atom. The Bertz CT molecular complexity index is 1140. The largest absolute Gasteiger partial charge is 0.490 e. The molecule has 168 valence electrons. The fourth-order valence-electron chi connectivity index (χ4n) is 3.10. The second kappa shape index (κ2) is 9.18. The zero-order valence-corrected chi connectivity index (χ0v) is 16.3. The number of hydrogen-bond acceptors (Lipinski definition) is 4. The van der Waals surface area contributed by atoms with Gasteiger partial charge in [-0.15, -0.1) is 0 Å². The van der Waals surface area contributed by atoms with Crippen LogP contribution >= 0.6 is 0 Å². The lowest BCUT2D eigenvalue weighted by atomic mass is 10.0. The molecule has 32 heavy (non-hydrogen) atoms. The third-order valence-corrected chi connectivity index (χ3v) is 4.61. The minimum absolute atomic E-state index is 0.105. The maximum atomic E-state index is 14.0. The first-order valence-electron chi connectivity index (χ1n) is 9.25. The molecule has 2 aromatic heterocycles. The van der Waals surface area contributed by atoms with Gasteiger partial charge in [0.25, 0.3) is 5.91 Å². The first-order chi connectivity index (χ1) is 15.1. The maximum Gasteiger partial charge on any atom is 0.490 e. The van der Waals surface area contributed by atoms with Crippen molar-refractivity contribution in [3.8, 4) is 22.5 Å². The normalized spacial score (nSPS) is 15.3. The summed E-state index contributed by atoms with van der Waals surface area (Å²) in [5, 5.41) is 19.2. The molecule has 1 aromatic carbocycles. The average molecular weight is 451 g/mol. The van der Waals surface area contributed by atoms with E-state index in [1.54, 1.807) is 36.5 Å². The van der Waals surface area contributed by atoms with E-state index < -0.39 is 12.1 Å². The molecule has 1 aliphatic rings. The first kappa shape index (κ1) is 22.9. The molecular formula is C21H17F4N3O4. The number of rotatable bonds is 3. The van der Waals surface area contributed by atoms with Gasteiger partial charge in [0.15, 0.2) is 0 Å². The molecule has 0 bridgehead atoms. The second-order valence-corrected chi connectivity index (χ2v) is 6.84. The number of carbonyl (C=O) groups excluding carboxylic acids is 1. The van der Waals surface area contributed by atoms with Crippen LogP contribution in [0, 0.1) is 5.82 Å². The predicted molar refractivity (Wildman–Crippen MR) is 105 cm³/mol. The highest BCUT2D eigenvalue weighted by atomic mass is 19.4. The van der Waals surface area contributed by atoms with Crippen molar-refractivity contribution in [1.29, 1.82) is 0 Å². The summed E-state index contributed by atoms with van der Waals surface area (Å²) in [6.07, 6.45) is -2.92. The van der Waals surface area contributed by atoms with Crippen LogP contribution in [0.15, 0.2) is 48.7 Å². The van der Waals surface area contributed by atoms with Crippen LogP contribution in [0.5, 0.6) is 0 Å². The summed E-state index contributed by atoms with van der Waals surface area (Å²) < 4.78 is 45.7. The van der Waals surface area contributed by atoms with Gasteiger partial charge in [-0.3, -0.25) is 9.78 Å². The summed E-state index contributed by atoms with van der Waals surface area (Å²) in [7, 11) is 0. The fourth-order valence-corrected chi connectivity index (χ4v) is 3.10. The minimum atomic E-state index is -5.08. The van der Waals surface area contributed by atoms with Crippen LogP contribution in [0.4, 0.5) is 17.6 Å². The summed E-state index contributed by atoms with van der Waals surface area (Å²) in [4.78, 5) is 28.5. The van der Waals surface area contributed by atoms with Gasteiger partial charge in [-0.1, -0.05) is 12.1 Å². The molecule has 4 rings (SSSR count). The molecule has 3 heterocycles. The van der Waals surface area contributed by atoms with Crippen molar-refractivity contribution in [1.82, 2.24) is 15.3 Å². The Balaban J connectivity index is 0.000000360. The molecular weight excluding hydrogens is 434 g/mol. The van der Waals surface area contributed by atoms with Crippen molar-refractivity contribution in [2.45, 2.75) is 18.6 Å². The van der Waals surface area contributed by atoms with E-state index in [0.717, 1.165) is 17.0 Å². The molecule has 1 atom stereocenters. The standard InChI is InChI=1S/C19H16FN3O2.C2HF3O2/c20-15-4-2-1-3-13(15)17-7-11(5-6-21-17)16-9-14-18(23-16)8-12(10-24)22-19(14)25;3-2(4,5)1(6)7/h1-7,9,12,23-24H,8,10H2,(H,22,25);(H,6,7). The Hall–Kier alpha value is -3.73. The van der Waals surface area contributed by atoms with Gasteiger partial charge in [0.1, 0.15) is 5.82 Å². The van der Waals surface area contributed by atoms with E-state index in [2.05, 4.69) is 15.3 Å². The molecule has 4 N–H and O–H groups in total. The molecule has 1 aliphatic heterocycles. The Morgan fingerprint density at radius 2 is 1.84 bits per heavy atom. The van der Waals surface area contributed by atoms with E-state index in [1.165, 1.54) is 6.07 Å². The number of fused-ring (bicyclic) bond motifs is 1. The van der Waals surface area contributed by atoms with E-state index in [-0.39, 0.29) is 24.4 Å². The third kappa shape index (κ3) is 5.11. The minimum Gasteiger partial charge on any atom is -0.475 e. The number of aliphatic hydroxyl groups excluding tert-OH is 1. The fraction of sp³-hybridized carbons (Fsp3) is 0.190. The lowest BCUT2D eigenvalue weighted by Gasteiger charge is -2.21. The van der Waals surface area contributed by atoms with Gasteiger partial charge < -0.3 is 20.5 Å². The quantitative estimate of drug-likeness (QED) is 0.457. The number of amides is 1. The number of benzene rings is 1. The van der Waals surface area contributed by atoms with Gasteiger partial charge in [-0.25, -0.2) is 9.18 Å². The molecule has 7 nitrogen and oxygen atoms in total. The monoisotopic (exact) mass is 451 g/mol. The maximum absolute atomic E-state index is 14.0. The van der Waals surface area contributed by atoms with Gasteiger partial charge in [0, 0.05) is 35.1 Å². The number of alkyl halides is 3. The lowest BCUT2D eigenvalue weighted by Crippen LogP contribution is -2.43. The highest BCUT2D eigenvalue weighted by Gasteiger charge is 2.38. The number of aliphatic carboxylic acids is 1. The van der Waals surface area contributed by atoms with Gasteiger partial charge in [-0.2, -0.15) is 13.2 Å². The molecule has 0 aliphatic carbocycles. The highest BCUT2D eigenvalue weighted by Crippen LogP contribution is 2.28. The number of aliphatic hydroxyl groups is 1. The summed E-state index contributed by atoms with van der Waals surface area (Å²) in [5.74, 6) is -3.29. The molecule has 1 unspecified atom stereocenters. The molecule has 0 radical (unpaired) electrons. The summed E-state index contributed by atoms with van der Waals surface area (Å²) in [6.45, 7) is -0.105. The third-order valence-electron chi connectivity index (χ3n) is 4.61. The smallest absolute Gasteiger partial charge is 0.475 e. The number of aromatic amines is 1. The van der Waals surface area contributed by atoms with Gasteiger partial charge in [0.2, 0.25) is 0 Å². The number of nitrogens with one attached hydrogen (secondary N) is 2. The van der Waals surface area contributed by atoms with E-state index in [9.17, 15) is 27.5 Å². The van der Waals surface area contributed by atoms with Crippen LogP contribution in [0.25, 0.3) is 22.5 Å². The molecule has 3 aromatic rings. The average Bonchev–Trinajstić information content (AvgIpc) is 3.19. The van der Waals surface area contributed by atoms with Gasteiger partial charge >= 0.3 is 12.1 Å². The van der Waals surface area contributed by atoms with Gasteiger partial charge in [-0.05, 0) is 30.3 Å². The van der Waals surface area contributed by atoms with Crippen LogP contribution in [-0.2, 0) is 11.2 Å². The molecule has 1 amide bonds. The topological polar surface area (TPSA) is 115 Å². The number of H-pyrrole nitrogens is 1. The summed E-state index contributed by atoms with van der Waals surface area (Å²) in [5.41, 5.74) is 3.90. The van der Waals surface area contributed by atoms with Crippen LogP contribution < -0.4 is 5.32 Å². The number of pyridine rings is 1. The Kier molecular flexibility index (Phi) is 6.58. The highest BCUT2D eigenvalue weighted by molar-refractivity contribution is 5.98. The van der Waals surface area contributed by atoms with Crippen molar-refractivity contribution in [3.05, 3.63) is 65.7 Å². The van der Waals surface area contributed by atoms with Crippen molar-refractivity contribution in [3.63, 3.8) is 0 Å². The van der Waals surface area contributed by atoms with E-state index >= 15 is 0 Å². The summed E-state index contributed by atoms with van der Waals surface area (Å²) >= 11 is 0. The number of carboxylic acids is 1. The predicted octanol–water partition coefficient (Wildman–Crippen LogP) is 3.16. The van der Waals surface area contributed by atoms with Crippen LogP contribution in [0.3, 0.4) is 0 Å². The van der Waals surface area contributed by atoms with Crippen molar-refractivity contribution < 1.29 is 37.4 Å².